The molecule has 0 saturated carbocycles. The summed E-state index contributed by atoms with van der Waals surface area (Å²) in [5.74, 6) is -0.428. The van der Waals surface area contributed by atoms with E-state index >= 15 is 0 Å². The summed E-state index contributed by atoms with van der Waals surface area (Å²) >= 11 is 0. The number of esters is 1. The maximum Gasteiger partial charge on any atom is 0.306 e. The molecule has 59 heavy (non-hydrogen) atoms. The quantitative estimate of drug-likeness (QED) is 0.0200. The van der Waals surface area contributed by atoms with Crippen molar-refractivity contribution in [3.63, 3.8) is 0 Å². The molecule has 0 amide bonds. The van der Waals surface area contributed by atoms with Crippen LogP contribution in [0.5, 0.6) is 0 Å². The van der Waals surface area contributed by atoms with Gasteiger partial charge in [-0.15, -0.1) is 0 Å². The van der Waals surface area contributed by atoms with Crippen LogP contribution in [0.1, 0.15) is 129 Å². The summed E-state index contributed by atoms with van der Waals surface area (Å²) in [5.41, 5.74) is 0. The Balaban J connectivity index is 4.33. The number of quaternary nitrogens is 1. The average molecular weight is 840 g/mol. The summed E-state index contributed by atoms with van der Waals surface area (Å²) in [7, 11) is 1.27. The van der Waals surface area contributed by atoms with Crippen molar-refractivity contribution in [2.75, 3.05) is 54.1 Å². The smallest absolute Gasteiger partial charge is 0.306 e. The van der Waals surface area contributed by atoms with Crippen LogP contribution in [0.2, 0.25) is 0 Å². The highest BCUT2D eigenvalue weighted by atomic mass is 31.2. The Morgan fingerprint density at radius 3 is 1.39 bits per heavy atom. The number of hydrogen-bond donors (Lipinski definition) is 0. The van der Waals surface area contributed by atoms with E-state index in [4.69, 9.17) is 18.5 Å². The van der Waals surface area contributed by atoms with Crippen LogP contribution in [-0.4, -0.2) is 70.7 Å². The lowest BCUT2D eigenvalue weighted by atomic mass is 10.1. The molecule has 0 aliphatic heterocycles. The first kappa shape index (κ1) is 55.9. The zero-order chi connectivity index (χ0) is 43.4. The third-order valence-electron chi connectivity index (χ3n) is 8.52. The molecule has 0 heterocycles. The van der Waals surface area contributed by atoms with Crippen LogP contribution in [0.4, 0.5) is 0 Å². The Bertz CT molecular complexity index is 1350. The third-order valence-corrected chi connectivity index (χ3v) is 9.49. The van der Waals surface area contributed by atoms with Crippen molar-refractivity contribution in [3.8, 4) is 0 Å². The van der Waals surface area contributed by atoms with Gasteiger partial charge in [-0.3, -0.25) is 9.36 Å². The van der Waals surface area contributed by atoms with E-state index in [0.29, 0.717) is 24.1 Å². The summed E-state index contributed by atoms with van der Waals surface area (Å²) in [5, 5.41) is 0. The van der Waals surface area contributed by atoms with Gasteiger partial charge in [0.05, 0.1) is 34.4 Å². The van der Waals surface area contributed by atoms with Gasteiger partial charge in [0, 0.05) is 13.0 Å². The Hall–Kier alpha value is -3.10. The molecule has 0 fully saturated rings. The van der Waals surface area contributed by atoms with Crippen LogP contribution in [0.3, 0.4) is 0 Å². The van der Waals surface area contributed by atoms with Gasteiger partial charge >= 0.3 is 5.97 Å². The van der Waals surface area contributed by atoms with Gasteiger partial charge in [0.2, 0.25) is 0 Å². The molecule has 0 aliphatic rings. The number of phosphoric ester groups is 1. The molecule has 2 atom stereocenters. The number of likely N-dealkylation sites (N-methyl/N-ethyl adjacent to an activating group) is 1. The van der Waals surface area contributed by atoms with Gasteiger partial charge in [0.1, 0.15) is 19.3 Å². The second-order valence-electron chi connectivity index (χ2n) is 15.3. The van der Waals surface area contributed by atoms with E-state index in [1.807, 2.05) is 33.3 Å². The Kier molecular flexibility index (Phi) is 39.4. The fraction of sp³-hybridized carbons (Fsp3) is 0.580. The minimum atomic E-state index is -4.56. The highest BCUT2D eigenvalue weighted by molar-refractivity contribution is 7.45. The van der Waals surface area contributed by atoms with E-state index in [9.17, 15) is 14.3 Å². The van der Waals surface area contributed by atoms with Crippen molar-refractivity contribution in [1.82, 2.24) is 0 Å². The van der Waals surface area contributed by atoms with E-state index in [2.05, 4.69) is 123 Å². The molecule has 2 unspecified atom stereocenters. The summed E-state index contributed by atoms with van der Waals surface area (Å²) in [6, 6.07) is 0. The van der Waals surface area contributed by atoms with Crippen molar-refractivity contribution >= 4 is 13.8 Å². The normalized spacial score (nSPS) is 14.9. The standard InChI is InChI=1S/C50H82NO7P/c1-6-8-10-12-14-16-18-20-21-22-23-24-25-26-27-28-29-30-32-34-36-38-40-42-45-55-47-49(48-57-59(53,54)56-46-44-51(3,4)5)58-50(52)43-41-39-37-35-33-31-19-17-15-13-11-9-7-2/h8-11,14-17,20-21,23-24,26-27,29-31,33,37,39,49H,6-7,12-13,18-19,22,25,28,32,34-36,38,40-48H2,1-5H3/b10-8-,11-9-,16-14-,17-15-,21-20-,24-23-,27-26-,30-29-,33-31-,39-37-. The van der Waals surface area contributed by atoms with Gasteiger partial charge in [-0.2, -0.15) is 0 Å². The molecule has 0 aliphatic carbocycles. The maximum absolute atomic E-state index is 12.6. The minimum absolute atomic E-state index is 0.00148. The molecule has 8 nitrogen and oxygen atoms in total. The fourth-order valence-corrected chi connectivity index (χ4v) is 5.88. The number of ether oxygens (including phenoxy) is 2. The average Bonchev–Trinajstić information content (AvgIpc) is 3.19. The Morgan fingerprint density at radius 2 is 0.932 bits per heavy atom. The second kappa shape index (κ2) is 41.6. The Morgan fingerprint density at radius 1 is 0.525 bits per heavy atom. The van der Waals surface area contributed by atoms with Crippen LogP contribution < -0.4 is 4.89 Å². The molecular weight excluding hydrogens is 758 g/mol. The number of carbonyl (C=O) groups excluding carboxylic acids is 1. The Labute approximate surface area is 361 Å². The van der Waals surface area contributed by atoms with E-state index in [-0.39, 0.29) is 26.2 Å². The zero-order valence-electron chi connectivity index (χ0n) is 37.6. The van der Waals surface area contributed by atoms with Crippen LogP contribution in [0.25, 0.3) is 0 Å². The number of phosphoric acid groups is 1. The summed E-state index contributed by atoms with van der Waals surface area (Å²) < 4.78 is 34.4. The van der Waals surface area contributed by atoms with Crippen LogP contribution in [0.15, 0.2) is 122 Å². The topological polar surface area (TPSA) is 94.1 Å². The van der Waals surface area contributed by atoms with Crippen molar-refractivity contribution in [2.45, 2.75) is 136 Å². The molecule has 0 saturated heterocycles. The maximum atomic E-state index is 12.6. The molecule has 0 aromatic rings. The first-order valence-electron chi connectivity index (χ1n) is 22.3. The number of unbranched alkanes of at least 4 members (excludes halogenated alkanes) is 5. The van der Waals surface area contributed by atoms with Gasteiger partial charge in [0.25, 0.3) is 7.82 Å². The zero-order valence-corrected chi connectivity index (χ0v) is 38.5. The van der Waals surface area contributed by atoms with Crippen molar-refractivity contribution in [1.29, 1.82) is 0 Å². The SMILES string of the molecule is CC/C=C\C/C=C\C/C=C\C/C=C\C/C=C\C/C=C\CCCCCCCOCC(COP(=O)([O-])OCC[N+](C)(C)C)OC(=O)CC/C=C\C/C=C\C/C=C\C/C=C\CC. The lowest BCUT2D eigenvalue weighted by Crippen LogP contribution is -2.37. The van der Waals surface area contributed by atoms with Gasteiger partial charge in [-0.25, -0.2) is 0 Å². The molecule has 0 rings (SSSR count). The third kappa shape index (κ3) is 45.8. The monoisotopic (exact) mass is 840 g/mol. The largest absolute Gasteiger partial charge is 0.756 e. The first-order valence-corrected chi connectivity index (χ1v) is 23.7. The molecule has 334 valence electrons. The first-order chi connectivity index (χ1) is 28.6. The summed E-state index contributed by atoms with van der Waals surface area (Å²) in [6.45, 7) is 4.98. The van der Waals surface area contributed by atoms with E-state index in [1.54, 1.807) is 0 Å². The van der Waals surface area contributed by atoms with Crippen molar-refractivity contribution in [3.05, 3.63) is 122 Å². The molecule has 0 radical (unpaired) electrons. The lowest BCUT2D eigenvalue weighted by Gasteiger charge is -2.28. The molecular formula is C50H82NO7P. The van der Waals surface area contributed by atoms with Crippen molar-refractivity contribution < 1.29 is 37.3 Å². The number of hydrogen-bond acceptors (Lipinski definition) is 7. The van der Waals surface area contributed by atoms with E-state index < -0.39 is 19.9 Å². The molecule has 9 heteroatoms. The minimum Gasteiger partial charge on any atom is -0.756 e. The predicted octanol–water partition coefficient (Wildman–Crippen LogP) is 12.7. The summed E-state index contributed by atoms with van der Waals surface area (Å²) in [6.07, 6.45) is 59.5. The van der Waals surface area contributed by atoms with Gasteiger partial charge in [0.15, 0.2) is 0 Å². The van der Waals surface area contributed by atoms with E-state index in [1.165, 1.54) is 0 Å². The highest BCUT2D eigenvalue weighted by Crippen LogP contribution is 2.38. The number of allylic oxidation sites excluding steroid dienone is 20. The molecule has 0 aromatic heterocycles. The highest BCUT2D eigenvalue weighted by Gasteiger charge is 2.20. The van der Waals surface area contributed by atoms with Crippen molar-refractivity contribution in [2.24, 2.45) is 0 Å². The molecule has 0 bridgehead atoms. The fourth-order valence-electron chi connectivity index (χ4n) is 5.15. The van der Waals surface area contributed by atoms with Gasteiger partial charge < -0.3 is 27.9 Å². The van der Waals surface area contributed by atoms with Crippen LogP contribution in [0, 0.1) is 0 Å². The molecule has 0 spiro atoms. The van der Waals surface area contributed by atoms with Crippen LogP contribution in [-0.2, 0) is 27.9 Å². The van der Waals surface area contributed by atoms with E-state index in [0.717, 1.165) is 103 Å². The molecule has 0 N–H and O–H groups in total. The predicted molar refractivity (Wildman–Crippen MR) is 249 cm³/mol. The lowest BCUT2D eigenvalue weighted by molar-refractivity contribution is -0.870. The van der Waals surface area contributed by atoms with Gasteiger partial charge in [-0.05, 0) is 89.9 Å². The number of nitrogens with zero attached hydrogens (tertiary/aromatic N) is 1. The number of carbonyl (C=O) groups is 1. The number of rotatable bonds is 39. The van der Waals surface area contributed by atoms with Gasteiger partial charge in [-0.1, -0.05) is 155 Å². The second-order valence-corrected chi connectivity index (χ2v) is 16.7. The van der Waals surface area contributed by atoms with Crippen LogP contribution >= 0.6 is 7.82 Å². The summed E-state index contributed by atoms with van der Waals surface area (Å²) in [4.78, 5) is 25.0. The molecule has 0 aromatic carbocycles.